The van der Waals surface area contributed by atoms with Crippen LogP contribution in [0.25, 0.3) is 22.1 Å². The predicted molar refractivity (Wildman–Crippen MR) is 103 cm³/mol. The molecule has 0 fully saturated rings. The summed E-state index contributed by atoms with van der Waals surface area (Å²) in [6.45, 7) is -0.453. The molecule has 2 aromatic heterocycles. The second-order valence-corrected chi connectivity index (χ2v) is 7.42. The fourth-order valence-electron chi connectivity index (χ4n) is 2.66. The van der Waals surface area contributed by atoms with Crippen molar-refractivity contribution in [2.45, 2.75) is 0 Å². The van der Waals surface area contributed by atoms with Gasteiger partial charge in [-0.05, 0) is 36.4 Å². The van der Waals surface area contributed by atoms with Gasteiger partial charge in [-0.1, -0.05) is 39.4 Å². The highest BCUT2D eigenvalue weighted by Gasteiger charge is 2.12. The average Bonchev–Trinajstić information content (AvgIpc) is 3.11. The van der Waals surface area contributed by atoms with E-state index in [0.717, 1.165) is 15.5 Å². The number of thiazole rings is 1. The van der Waals surface area contributed by atoms with Crippen molar-refractivity contribution in [3.05, 3.63) is 67.4 Å². The number of rotatable bonds is 4. The minimum absolute atomic E-state index is 0.164. The van der Waals surface area contributed by atoms with E-state index in [1.54, 1.807) is 28.7 Å². The van der Waals surface area contributed by atoms with Crippen molar-refractivity contribution >= 4 is 55.3 Å². The number of imidazole rings is 1. The lowest BCUT2D eigenvalue weighted by Gasteiger charge is -2.07. The summed E-state index contributed by atoms with van der Waals surface area (Å²) in [6, 6.07) is 12.7. The SMILES string of the molecule is O=C(O)COc1ccc(Br)cc1C=c1sc2nc3ccccc3n2c1=O. The number of fused-ring (bicyclic) bond motifs is 3. The molecule has 1 N–H and O–H groups in total. The first-order valence-corrected chi connectivity index (χ1v) is 9.20. The number of halogens is 1. The molecule has 6 nitrogen and oxygen atoms in total. The molecule has 2 heterocycles. The van der Waals surface area contributed by atoms with Crippen molar-refractivity contribution in [2.24, 2.45) is 0 Å². The Kier molecular flexibility index (Phi) is 4.21. The number of carbonyl (C=O) groups is 1. The molecule has 0 bridgehead atoms. The molecule has 2 aromatic carbocycles. The van der Waals surface area contributed by atoms with Gasteiger partial charge in [-0.25, -0.2) is 14.2 Å². The summed E-state index contributed by atoms with van der Waals surface area (Å²) in [5.74, 6) is -0.671. The Morgan fingerprint density at radius 1 is 1.31 bits per heavy atom. The molecule has 0 saturated carbocycles. The zero-order valence-electron chi connectivity index (χ0n) is 13.2. The Balaban J connectivity index is 1.89. The molecule has 0 saturated heterocycles. The number of ether oxygens (including phenoxy) is 1. The summed E-state index contributed by atoms with van der Waals surface area (Å²) < 4.78 is 8.20. The minimum Gasteiger partial charge on any atom is -0.481 e. The molecule has 130 valence electrons. The van der Waals surface area contributed by atoms with Crippen LogP contribution >= 0.6 is 27.3 Å². The van der Waals surface area contributed by atoms with Crippen LogP contribution in [-0.2, 0) is 4.79 Å². The largest absolute Gasteiger partial charge is 0.481 e. The van der Waals surface area contributed by atoms with E-state index in [1.165, 1.54) is 11.3 Å². The highest BCUT2D eigenvalue weighted by Crippen LogP contribution is 2.24. The van der Waals surface area contributed by atoms with Gasteiger partial charge in [0, 0.05) is 10.0 Å². The first-order chi connectivity index (χ1) is 12.5. The van der Waals surface area contributed by atoms with Crippen LogP contribution in [0.2, 0.25) is 0 Å². The highest BCUT2D eigenvalue weighted by molar-refractivity contribution is 9.10. The van der Waals surface area contributed by atoms with Gasteiger partial charge in [-0.15, -0.1) is 0 Å². The predicted octanol–water partition coefficient (Wildman–Crippen LogP) is 2.68. The van der Waals surface area contributed by atoms with Gasteiger partial charge >= 0.3 is 5.97 Å². The van der Waals surface area contributed by atoms with Gasteiger partial charge in [0.25, 0.3) is 5.56 Å². The van der Waals surface area contributed by atoms with E-state index in [0.29, 0.717) is 20.8 Å². The summed E-state index contributed by atoms with van der Waals surface area (Å²) in [4.78, 5) is 28.7. The molecule has 0 radical (unpaired) electrons. The van der Waals surface area contributed by atoms with Crippen molar-refractivity contribution in [3.8, 4) is 5.75 Å². The van der Waals surface area contributed by atoms with Gasteiger partial charge in [0.05, 0.1) is 15.6 Å². The van der Waals surface area contributed by atoms with E-state index in [4.69, 9.17) is 9.84 Å². The highest BCUT2D eigenvalue weighted by atomic mass is 79.9. The molecule has 26 heavy (non-hydrogen) atoms. The molecule has 0 spiro atoms. The molecular formula is C18H11BrN2O4S. The third-order valence-corrected chi connectivity index (χ3v) is 5.22. The number of para-hydroxylation sites is 2. The Morgan fingerprint density at radius 2 is 2.12 bits per heavy atom. The average molecular weight is 431 g/mol. The Bertz CT molecular complexity index is 1260. The van der Waals surface area contributed by atoms with Gasteiger partial charge < -0.3 is 9.84 Å². The molecule has 0 amide bonds. The van der Waals surface area contributed by atoms with E-state index in [2.05, 4.69) is 20.9 Å². The smallest absolute Gasteiger partial charge is 0.341 e. The van der Waals surface area contributed by atoms with Crippen molar-refractivity contribution in [1.29, 1.82) is 0 Å². The maximum Gasteiger partial charge on any atom is 0.341 e. The zero-order chi connectivity index (χ0) is 18.3. The molecule has 4 aromatic rings. The van der Waals surface area contributed by atoms with Crippen LogP contribution in [0.15, 0.2) is 51.7 Å². The van der Waals surface area contributed by atoms with Crippen molar-refractivity contribution in [3.63, 3.8) is 0 Å². The molecule has 0 aliphatic rings. The fraction of sp³-hybridized carbons (Fsp3) is 0.0556. The lowest BCUT2D eigenvalue weighted by atomic mass is 10.2. The van der Waals surface area contributed by atoms with Crippen LogP contribution in [0.5, 0.6) is 5.75 Å². The second kappa shape index (κ2) is 6.54. The van der Waals surface area contributed by atoms with Crippen LogP contribution in [0.1, 0.15) is 5.56 Å². The third kappa shape index (κ3) is 2.97. The zero-order valence-corrected chi connectivity index (χ0v) is 15.6. The van der Waals surface area contributed by atoms with Gasteiger partial charge in [0.15, 0.2) is 11.6 Å². The van der Waals surface area contributed by atoms with Crippen LogP contribution in [0.3, 0.4) is 0 Å². The van der Waals surface area contributed by atoms with E-state index >= 15 is 0 Å². The quantitative estimate of drug-likeness (QED) is 0.538. The van der Waals surface area contributed by atoms with E-state index < -0.39 is 12.6 Å². The number of benzene rings is 2. The van der Waals surface area contributed by atoms with Gasteiger partial charge in [0.2, 0.25) is 0 Å². The fourth-order valence-corrected chi connectivity index (χ4v) is 4.01. The Morgan fingerprint density at radius 3 is 2.92 bits per heavy atom. The summed E-state index contributed by atoms with van der Waals surface area (Å²) in [5, 5.41) is 8.82. The topological polar surface area (TPSA) is 80.9 Å². The molecule has 0 atom stereocenters. The molecule has 0 aliphatic heterocycles. The van der Waals surface area contributed by atoms with E-state index in [1.807, 2.05) is 24.3 Å². The monoisotopic (exact) mass is 430 g/mol. The molecule has 0 aliphatic carbocycles. The first kappa shape index (κ1) is 16.7. The van der Waals surface area contributed by atoms with E-state index in [-0.39, 0.29) is 5.56 Å². The number of hydrogen-bond acceptors (Lipinski definition) is 5. The van der Waals surface area contributed by atoms with Crippen LogP contribution in [0, 0.1) is 0 Å². The van der Waals surface area contributed by atoms with Crippen molar-refractivity contribution in [1.82, 2.24) is 9.38 Å². The number of aliphatic carboxylic acids is 1. The maximum absolute atomic E-state index is 12.8. The van der Waals surface area contributed by atoms with Crippen molar-refractivity contribution < 1.29 is 14.6 Å². The standard InChI is InChI=1S/C18H11BrN2O4S/c19-11-5-6-14(25-9-16(22)23)10(7-11)8-15-17(24)21-13-4-2-1-3-12(13)20-18(21)26-15/h1-8H,9H2,(H,22,23). The van der Waals surface area contributed by atoms with Crippen LogP contribution in [-0.4, -0.2) is 27.1 Å². The molecule has 8 heteroatoms. The number of nitrogens with zero attached hydrogens (tertiary/aromatic N) is 2. The second-order valence-electron chi connectivity index (χ2n) is 5.50. The summed E-state index contributed by atoms with van der Waals surface area (Å²) in [7, 11) is 0. The number of hydrogen-bond donors (Lipinski definition) is 1. The first-order valence-electron chi connectivity index (χ1n) is 7.59. The van der Waals surface area contributed by atoms with E-state index in [9.17, 15) is 9.59 Å². The summed E-state index contributed by atoms with van der Waals surface area (Å²) in [6.07, 6.45) is 1.69. The number of carboxylic acids is 1. The lowest BCUT2D eigenvalue weighted by molar-refractivity contribution is -0.139. The molecular weight excluding hydrogens is 420 g/mol. The minimum atomic E-state index is -1.07. The summed E-state index contributed by atoms with van der Waals surface area (Å²) >= 11 is 4.66. The Hall–Kier alpha value is -2.71. The van der Waals surface area contributed by atoms with Crippen molar-refractivity contribution in [2.75, 3.05) is 6.61 Å². The Labute approximate surface area is 159 Å². The molecule has 0 unspecified atom stereocenters. The van der Waals surface area contributed by atoms with Crippen LogP contribution < -0.4 is 14.8 Å². The van der Waals surface area contributed by atoms with Crippen LogP contribution in [0.4, 0.5) is 0 Å². The molecule has 4 rings (SSSR count). The number of carboxylic acid groups (broad SMARTS) is 1. The normalized spacial score (nSPS) is 12.1. The lowest BCUT2D eigenvalue weighted by Crippen LogP contribution is -2.22. The number of aromatic nitrogens is 2. The maximum atomic E-state index is 12.8. The van der Waals surface area contributed by atoms with Gasteiger partial charge in [-0.2, -0.15) is 0 Å². The summed E-state index contributed by atoms with van der Waals surface area (Å²) in [5.41, 5.74) is 1.99. The van der Waals surface area contributed by atoms with Gasteiger partial charge in [0.1, 0.15) is 5.75 Å². The van der Waals surface area contributed by atoms with Gasteiger partial charge in [-0.3, -0.25) is 4.79 Å². The third-order valence-electron chi connectivity index (χ3n) is 3.75.